The highest BCUT2D eigenvalue weighted by Crippen LogP contribution is 2.13. The second-order valence-electron chi connectivity index (χ2n) is 5.18. The lowest BCUT2D eigenvalue weighted by atomic mass is 10.2. The van der Waals surface area contributed by atoms with E-state index in [0.29, 0.717) is 0 Å². The predicted molar refractivity (Wildman–Crippen MR) is 92.9 cm³/mol. The van der Waals surface area contributed by atoms with Gasteiger partial charge < -0.3 is 10.1 Å². The summed E-state index contributed by atoms with van der Waals surface area (Å²) in [4.78, 5) is 23.6. The van der Waals surface area contributed by atoms with Gasteiger partial charge in [-0.1, -0.05) is 18.2 Å². The van der Waals surface area contributed by atoms with Crippen LogP contribution in [0.25, 0.3) is 0 Å². The van der Waals surface area contributed by atoms with Crippen molar-refractivity contribution < 1.29 is 22.7 Å². The van der Waals surface area contributed by atoms with Crippen molar-refractivity contribution in [3.05, 3.63) is 59.7 Å². The van der Waals surface area contributed by atoms with Crippen LogP contribution in [0.4, 0.5) is 10.5 Å². The summed E-state index contributed by atoms with van der Waals surface area (Å²) >= 11 is 0. The van der Waals surface area contributed by atoms with Crippen molar-refractivity contribution in [3.63, 3.8) is 0 Å². The van der Waals surface area contributed by atoms with Crippen molar-refractivity contribution in [2.75, 3.05) is 11.9 Å². The third kappa shape index (κ3) is 5.05. The van der Waals surface area contributed by atoms with Crippen LogP contribution in [-0.2, 0) is 14.8 Å². The van der Waals surface area contributed by atoms with Crippen molar-refractivity contribution in [3.8, 4) is 0 Å². The molecule has 0 bridgehead atoms. The Kier molecular flexibility index (Phi) is 5.76. The number of hydrogen-bond acceptors (Lipinski definition) is 5. The minimum atomic E-state index is -3.99. The molecule has 2 N–H and O–H groups in total. The van der Waals surface area contributed by atoms with E-state index < -0.39 is 22.0 Å². The van der Waals surface area contributed by atoms with Crippen LogP contribution in [0, 0.1) is 6.92 Å². The molecule has 2 amide bonds. The Bertz CT molecular complexity index is 893. The molecule has 0 aromatic heterocycles. The van der Waals surface area contributed by atoms with Gasteiger partial charge in [0.25, 0.3) is 10.0 Å². The molecule has 25 heavy (non-hydrogen) atoms. The average Bonchev–Trinajstić information content (AvgIpc) is 2.54. The summed E-state index contributed by atoms with van der Waals surface area (Å²) in [6.07, 6.45) is 0. The summed E-state index contributed by atoms with van der Waals surface area (Å²) < 4.78 is 31.2. The molecule has 0 atom stereocenters. The topological polar surface area (TPSA) is 102 Å². The standard InChI is InChI=1S/C17H18N2O5S/c1-3-24-16(20)13-7-5-8-14(11-13)18-17(21)19-25(22,23)15-9-4-6-12(2)10-15/h4-11H,3H2,1-2H3,(H2,18,19,21). The van der Waals surface area contributed by atoms with E-state index in [1.165, 1.54) is 30.3 Å². The molecule has 2 aromatic rings. The van der Waals surface area contributed by atoms with Crippen LogP contribution < -0.4 is 10.0 Å². The number of esters is 1. The highest BCUT2D eigenvalue weighted by molar-refractivity contribution is 7.90. The van der Waals surface area contributed by atoms with E-state index >= 15 is 0 Å². The number of urea groups is 1. The summed E-state index contributed by atoms with van der Waals surface area (Å²) in [7, 11) is -3.99. The average molecular weight is 362 g/mol. The summed E-state index contributed by atoms with van der Waals surface area (Å²) in [5.74, 6) is -0.529. The molecule has 7 nitrogen and oxygen atoms in total. The normalized spacial score (nSPS) is 10.8. The van der Waals surface area contributed by atoms with Crippen LogP contribution >= 0.6 is 0 Å². The molecule has 0 saturated carbocycles. The second kappa shape index (κ2) is 7.80. The van der Waals surface area contributed by atoms with Crippen molar-refractivity contribution in [1.29, 1.82) is 0 Å². The van der Waals surface area contributed by atoms with Gasteiger partial charge in [0, 0.05) is 5.69 Å². The van der Waals surface area contributed by atoms with Gasteiger partial charge in [0.2, 0.25) is 0 Å². The Morgan fingerprint density at radius 3 is 2.48 bits per heavy atom. The Labute approximate surface area is 146 Å². The quantitative estimate of drug-likeness (QED) is 0.796. The zero-order valence-electron chi connectivity index (χ0n) is 13.8. The maximum absolute atomic E-state index is 12.2. The molecule has 0 spiro atoms. The van der Waals surface area contributed by atoms with Crippen LogP contribution in [0.1, 0.15) is 22.8 Å². The Morgan fingerprint density at radius 2 is 1.80 bits per heavy atom. The largest absolute Gasteiger partial charge is 0.462 e. The van der Waals surface area contributed by atoms with E-state index in [2.05, 4.69) is 5.32 Å². The molecule has 2 rings (SSSR count). The summed E-state index contributed by atoms with van der Waals surface area (Å²) in [6, 6.07) is 11.3. The van der Waals surface area contributed by atoms with E-state index in [0.717, 1.165) is 5.56 Å². The first-order valence-electron chi connectivity index (χ1n) is 7.49. The number of anilines is 1. The number of benzene rings is 2. The van der Waals surface area contributed by atoms with E-state index in [-0.39, 0.29) is 22.8 Å². The third-order valence-electron chi connectivity index (χ3n) is 3.16. The number of carbonyl (C=O) groups is 2. The fourth-order valence-electron chi connectivity index (χ4n) is 2.06. The highest BCUT2D eigenvalue weighted by Gasteiger charge is 2.18. The molecule has 0 unspecified atom stereocenters. The van der Waals surface area contributed by atoms with E-state index in [9.17, 15) is 18.0 Å². The molecule has 0 saturated heterocycles. The number of hydrogen-bond donors (Lipinski definition) is 2. The van der Waals surface area contributed by atoms with Crippen molar-refractivity contribution in [1.82, 2.24) is 4.72 Å². The Morgan fingerprint density at radius 1 is 1.08 bits per heavy atom. The fraction of sp³-hybridized carbons (Fsp3) is 0.176. The highest BCUT2D eigenvalue weighted by atomic mass is 32.2. The minimum Gasteiger partial charge on any atom is -0.462 e. The SMILES string of the molecule is CCOC(=O)c1cccc(NC(=O)NS(=O)(=O)c2cccc(C)c2)c1. The van der Waals surface area contributed by atoms with Gasteiger partial charge in [-0.25, -0.2) is 22.7 Å². The van der Waals surface area contributed by atoms with Crippen molar-refractivity contribution >= 4 is 27.7 Å². The maximum Gasteiger partial charge on any atom is 0.338 e. The first-order chi connectivity index (χ1) is 11.8. The number of carbonyl (C=O) groups excluding carboxylic acids is 2. The lowest BCUT2D eigenvalue weighted by Gasteiger charge is -2.10. The molecular weight excluding hydrogens is 344 g/mol. The van der Waals surface area contributed by atoms with Gasteiger partial charge in [-0.3, -0.25) is 0 Å². The van der Waals surface area contributed by atoms with Gasteiger partial charge in [-0.05, 0) is 49.7 Å². The van der Waals surface area contributed by atoms with Gasteiger partial charge in [-0.2, -0.15) is 0 Å². The van der Waals surface area contributed by atoms with Gasteiger partial charge in [0.1, 0.15) is 0 Å². The van der Waals surface area contributed by atoms with Crippen molar-refractivity contribution in [2.24, 2.45) is 0 Å². The molecule has 0 fully saturated rings. The number of sulfonamides is 1. The molecule has 2 aromatic carbocycles. The molecule has 0 aliphatic heterocycles. The third-order valence-corrected chi connectivity index (χ3v) is 4.49. The van der Waals surface area contributed by atoms with Crippen LogP contribution in [0.5, 0.6) is 0 Å². The van der Waals surface area contributed by atoms with Gasteiger partial charge in [0.15, 0.2) is 0 Å². The van der Waals surface area contributed by atoms with Crippen LogP contribution in [0.15, 0.2) is 53.4 Å². The number of nitrogens with one attached hydrogen (secondary N) is 2. The smallest absolute Gasteiger partial charge is 0.338 e. The first kappa shape index (κ1) is 18.5. The van der Waals surface area contributed by atoms with Crippen LogP contribution in [0.2, 0.25) is 0 Å². The molecule has 0 heterocycles. The van der Waals surface area contributed by atoms with E-state index in [1.807, 2.05) is 4.72 Å². The van der Waals surface area contributed by atoms with Crippen molar-refractivity contribution in [2.45, 2.75) is 18.7 Å². The monoisotopic (exact) mass is 362 g/mol. The summed E-state index contributed by atoms with van der Waals surface area (Å²) in [6.45, 7) is 3.66. The number of aryl methyl sites for hydroxylation is 1. The van der Waals surface area contributed by atoms with Crippen LogP contribution in [-0.4, -0.2) is 27.0 Å². The second-order valence-corrected chi connectivity index (χ2v) is 6.86. The molecule has 0 aliphatic rings. The zero-order valence-corrected chi connectivity index (χ0v) is 14.6. The number of amides is 2. The summed E-state index contributed by atoms with van der Waals surface area (Å²) in [5.41, 5.74) is 1.27. The molecule has 0 radical (unpaired) electrons. The number of rotatable bonds is 5. The zero-order chi connectivity index (χ0) is 18.4. The Balaban J connectivity index is 2.10. The lowest BCUT2D eigenvalue weighted by Crippen LogP contribution is -2.34. The first-order valence-corrected chi connectivity index (χ1v) is 8.98. The molecule has 0 aliphatic carbocycles. The van der Waals surface area contributed by atoms with Gasteiger partial charge in [-0.15, -0.1) is 0 Å². The predicted octanol–water partition coefficient (Wildman–Crippen LogP) is 2.68. The van der Waals surface area contributed by atoms with E-state index in [1.54, 1.807) is 32.0 Å². The maximum atomic E-state index is 12.2. The lowest BCUT2D eigenvalue weighted by molar-refractivity contribution is 0.0526. The fourth-order valence-corrected chi connectivity index (χ4v) is 3.07. The molecule has 132 valence electrons. The van der Waals surface area contributed by atoms with Crippen LogP contribution in [0.3, 0.4) is 0 Å². The van der Waals surface area contributed by atoms with Gasteiger partial charge in [0.05, 0.1) is 17.1 Å². The molecule has 8 heteroatoms. The Hall–Kier alpha value is -2.87. The van der Waals surface area contributed by atoms with E-state index in [4.69, 9.17) is 4.74 Å². The van der Waals surface area contributed by atoms with Gasteiger partial charge >= 0.3 is 12.0 Å². The summed E-state index contributed by atoms with van der Waals surface area (Å²) in [5, 5.41) is 2.38. The molecular formula is C17H18N2O5S. The number of ether oxygens (including phenoxy) is 1. The minimum absolute atomic E-state index is 0.0112.